The summed E-state index contributed by atoms with van der Waals surface area (Å²) >= 11 is 0. The number of pyridine rings is 1. The van der Waals surface area contributed by atoms with Crippen molar-refractivity contribution in [2.24, 2.45) is 7.05 Å². The largest absolute Gasteiger partial charge is 0.485 e. The second-order valence-corrected chi connectivity index (χ2v) is 8.63. The number of anilines is 1. The molecule has 37 heavy (non-hydrogen) atoms. The van der Waals surface area contributed by atoms with E-state index in [2.05, 4.69) is 49.6 Å². The first-order chi connectivity index (χ1) is 18.1. The van der Waals surface area contributed by atoms with Crippen LogP contribution in [0.15, 0.2) is 73.6 Å². The van der Waals surface area contributed by atoms with Gasteiger partial charge in [-0.05, 0) is 17.2 Å². The summed E-state index contributed by atoms with van der Waals surface area (Å²) in [6.07, 6.45) is 8.94. The monoisotopic (exact) mass is 499 g/mol. The zero-order chi connectivity index (χ0) is 25.6. The summed E-state index contributed by atoms with van der Waals surface area (Å²) < 4.78 is 20.2. The van der Waals surface area contributed by atoms with Gasteiger partial charge in [0.05, 0.1) is 37.0 Å². The maximum absolute atomic E-state index is 6.00. The van der Waals surface area contributed by atoms with E-state index in [1.54, 1.807) is 31.4 Å². The molecule has 10 nitrogen and oxygen atoms in total. The lowest BCUT2D eigenvalue weighted by atomic mass is 10.1. The minimum Gasteiger partial charge on any atom is -0.485 e. The van der Waals surface area contributed by atoms with Gasteiger partial charge in [0, 0.05) is 57.9 Å². The molecule has 0 bridgehead atoms. The van der Waals surface area contributed by atoms with Gasteiger partial charge in [-0.25, -0.2) is 15.0 Å². The molecule has 5 aromatic rings. The number of nitrogens with zero attached hydrogens (tertiary/aromatic N) is 6. The predicted octanol–water partition coefficient (Wildman–Crippen LogP) is 3.84. The number of aromatic nitrogens is 6. The Morgan fingerprint density at radius 2 is 1.73 bits per heavy atom. The number of imidazole rings is 1. The van der Waals surface area contributed by atoms with Crippen LogP contribution < -0.4 is 10.1 Å². The molecule has 0 aliphatic rings. The smallest absolute Gasteiger partial charge is 0.145 e. The second kappa shape index (κ2) is 11.2. The van der Waals surface area contributed by atoms with Crippen molar-refractivity contribution in [2.45, 2.75) is 12.6 Å². The predicted molar refractivity (Wildman–Crippen MR) is 140 cm³/mol. The molecule has 4 heterocycles. The molecule has 190 valence electrons. The average Bonchev–Trinajstić information content (AvgIpc) is 3.54. The molecule has 0 amide bonds. The molecule has 1 aromatic carbocycles. The Hall–Kier alpha value is -4.28. The Kier molecular flexibility index (Phi) is 7.38. The van der Waals surface area contributed by atoms with Crippen molar-refractivity contribution in [3.63, 3.8) is 0 Å². The summed E-state index contributed by atoms with van der Waals surface area (Å²) in [5.74, 6) is 1.43. The van der Waals surface area contributed by atoms with E-state index in [9.17, 15) is 0 Å². The van der Waals surface area contributed by atoms with E-state index < -0.39 is 0 Å². The molecule has 1 N–H and O–H groups in total. The SMILES string of the molecule is COCC(COC)Oc1ccn2c(-c3cc(NCc4ccc(-c5cnn(C)c5)cc4)ncn3)cnc2c1. The number of fused-ring (bicyclic) bond motifs is 1. The van der Waals surface area contributed by atoms with Crippen molar-refractivity contribution in [1.29, 1.82) is 0 Å². The van der Waals surface area contributed by atoms with Gasteiger partial charge in [-0.2, -0.15) is 5.10 Å². The Morgan fingerprint density at radius 3 is 2.46 bits per heavy atom. The van der Waals surface area contributed by atoms with E-state index in [0.29, 0.717) is 25.5 Å². The first-order valence-corrected chi connectivity index (χ1v) is 11.9. The number of benzene rings is 1. The number of ether oxygens (including phenoxy) is 3. The molecular weight excluding hydrogens is 470 g/mol. The zero-order valence-electron chi connectivity index (χ0n) is 21.0. The van der Waals surface area contributed by atoms with E-state index in [-0.39, 0.29) is 6.10 Å². The summed E-state index contributed by atoms with van der Waals surface area (Å²) in [6.45, 7) is 1.51. The molecule has 5 rings (SSSR count). The lowest BCUT2D eigenvalue weighted by Gasteiger charge is -2.17. The topological polar surface area (TPSA) is 101 Å². The Labute approximate surface area is 214 Å². The van der Waals surface area contributed by atoms with Crippen LogP contribution in [0.1, 0.15) is 5.56 Å². The highest BCUT2D eigenvalue weighted by Crippen LogP contribution is 2.24. The molecule has 0 spiro atoms. The number of hydrogen-bond donors (Lipinski definition) is 1. The fourth-order valence-corrected chi connectivity index (χ4v) is 4.08. The highest BCUT2D eigenvalue weighted by molar-refractivity contribution is 5.64. The number of methoxy groups -OCH3 is 2. The molecule has 0 saturated carbocycles. The molecule has 0 aliphatic heterocycles. The van der Waals surface area contributed by atoms with Crippen molar-refractivity contribution in [1.82, 2.24) is 29.1 Å². The van der Waals surface area contributed by atoms with Gasteiger partial charge < -0.3 is 19.5 Å². The number of rotatable bonds is 11. The number of hydrogen-bond acceptors (Lipinski definition) is 8. The zero-order valence-corrected chi connectivity index (χ0v) is 21.0. The van der Waals surface area contributed by atoms with Gasteiger partial charge in [-0.1, -0.05) is 24.3 Å². The molecular formula is C27H29N7O3. The summed E-state index contributed by atoms with van der Waals surface area (Å²) in [6, 6.07) is 14.1. The average molecular weight is 500 g/mol. The van der Waals surface area contributed by atoms with Crippen LogP contribution in [0.2, 0.25) is 0 Å². The van der Waals surface area contributed by atoms with Crippen LogP contribution in [-0.2, 0) is 23.1 Å². The van der Waals surface area contributed by atoms with Crippen LogP contribution in [-0.4, -0.2) is 62.7 Å². The molecule has 0 atom stereocenters. The van der Waals surface area contributed by atoms with E-state index in [1.807, 2.05) is 48.2 Å². The molecule has 0 aliphatic carbocycles. The van der Waals surface area contributed by atoms with Crippen molar-refractivity contribution in [3.8, 4) is 28.3 Å². The van der Waals surface area contributed by atoms with Crippen LogP contribution in [0.5, 0.6) is 5.75 Å². The van der Waals surface area contributed by atoms with E-state index in [0.717, 1.165) is 39.5 Å². The lowest BCUT2D eigenvalue weighted by Crippen LogP contribution is -2.27. The summed E-state index contributed by atoms with van der Waals surface area (Å²) in [7, 11) is 5.19. The van der Waals surface area contributed by atoms with Crippen molar-refractivity contribution >= 4 is 11.5 Å². The van der Waals surface area contributed by atoms with Crippen LogP contribution in [0.3, 0.4) is 0 Å². The third kappa shape index (κ3) is 5.76. The van der Waals surface area contributed by atoms with E-state index >= 15 is 0 Å². The molecule has 0 fully saturated rings. The maximum Gasteiger partial charge on any atom is 0.145 e. The van der Waals surface area contributed by atoms with Gasteiger partial charge in [0.25, 0.3) is 0 Å². The van der Waals surface area contributed by atoms with E-state index in [4.69, 9.17) is 14.2 Å². The van der Waals surface area contributed by atoms with E-state index in [1.165, 1.54) is 0 Å². The summed E-state index contributed by atoms with van der Waals surface area (Å²) in [5, 5.41) is 7.63. The van der Waals surface area contributed by atoms with Crippen LogP contribution in [0, 0.1) is 0 Å². The Morgan fingerprint density at radius 1 is 0.919 bits per heavy atom. The highest BCUT2D eigenvalue weighted by Gasteiger charge is 2.13. The minimum atomic E-state index is -0.200. The molecule has 0 radical (unpaired) electrons. The first-order valence-electron chi connectivity index (χ1n) is 11.9. The Bertz CT molecular complexity index is 1460. The fraction of sp³-hybridized carbons (Fsp3) is 0.259. The van der Waals surface area contributed by atoms with Crippen molar-refractivity contribution < 1.29 is 14.2 Å². The van der Waals surface area contributed by atoms with Gasteiger partial charge >= 0.3 is 0 Å². The third-order valence-electron chi connectivity index (χ3n) is 5.89. The lowest BCUT2D eigenvalue weighted by molar-refractivity contribution is 0.0245. The molecule has 4 aromatic heterocycles. The second-order valence-electron chi connectivity index (χ2n) is 8.63. The van der Waals surface area contributed by atoms with Crippen LogP contribution in [0.4, 0.5) is 5.82 Å². The normalized spacial score (nSPS) is 11.4. The van der Waals surface area contributed by atoms with Gasteiger partial charge in [0.1, 0.15) is 29.6 Å². The van der Waals surface area contributed by atoms with Crippen molar-refractivity contribution in [3.05, 3.63) is 79.1 Å². The van der Waals surface area contributed by atoms with Crippen LogP contribution in [0.25, 0.3) is 28.2 Å². The summed E-state index contributed by atoms with van der Waals surface area (Å²) in [5.41, 5.74) is 5.76. The van der Waals surface area contributed by atoms with Gasteiger partial charge in [-0.15, -0.1) is 0 Å². The Balaban J connectivity index is 1.27. The third-order valence-corrected chi connectivity index (χ3v) is 5.89. The molecule has 10 heteroatoms. The van der Waals surface area contributed by atoms with Gasteiger partial charge in [-0.3, -0.25) is 9.08 Å². The summed E-state index contributed by atoms with van der Waals surface area (Å²) in [4.78, 5) is 13.4. The molecule has 0 unspecified atom stereocenters. The minimum absolute atomic E-state index is 0.200. The molecule has 0 saturated heterocycles. The maximum atomic E-state index is 6.00. The quantitative estimate of drug-likeness (QED) is 0.293. The van der Waals surface area contributed by atoms with Gasteiger partial charge in [0.15, 0.2) is 0 Å². The number of nitrogens with one attached hydrogen (secondary N) is 1. The highest BCUT2D eigenvalue weighted by atomic mass is 16.6. The standard InChI is InChI=1S/C27H29N7O3/c1-33-15-21(13-32-33)20-6-4-19(5-7-20)12-28-26-11-24(30-18-31-26)25-14-29-27-10-22(8-9-34(25)27)37-23(16-35-2)17-36-3/h4-11,13-15,18,23H,12,16-17H2,1-3H3,(H,28,30,31). The van der Waals surface area contributed by atoms with Gasteiger partial charge in [0.2, 0.25) is 0 Å². The van der Waals surface area contributed by atoms with Crippen LogP contribution >= 0.6 is 0 Å². The fourth-order valence-electron chi connectivity index (χ4n) is 4.08. The first kappa shape index (κ1) is 24.4. The van der Waals surface area contributed by atoms with Crippen molar-refractivity contribution in [2.75, 3.05) is 32.8 Å². The number of aryl methyl sites for hydroxylation is 1.